The number of sulfonamides is 1. The van der Waals surface area contributed by atoms with Crippen molar-refractivity contribution in [3.63, 3.8) is 0 Å². The molecule has 0 saturated carbocycles. The van der Waals surface area contributed by atoms with Gasteiger partial charge in [-0.3, -0.25) is 4.99 Å². The van der Waals surface area contributed by atoms with E-state index in [4.69, 9.17) is 0 Å². The van der Waals surface area contributed by atoms with Crippen LogP contribution in [0.3, 0.4) is 0 Å². The molecule has 2 saturated heterocycles. The number of piperidine rings is 2. The maximum absolute atomic E-state index is 12.6. The van der Waals surface area contributed by atoms with E-state index in [0.29, 0.717) is 29.7 Å². The highest BCUT2D eigenvalue weighted by atomic mass is 127. The highest BCUT2D eigenvalue weighted by Gasteiger charge is 2.50. The van der Waals surface area contributed by atoms with E-state index in [1.807, 2.05) is 0 Å². The van der Waals surface area contributed by atoms with E-state index >= 15 is 0 Å². The van der Waals surface area contributed by atoms with Crippen molar-refractivity contribution < 1.29 is 21.6 Å². The lowest BCUT2D eigenvalue weighted by Crippen LogP contribution is -2.47. The van der Waals surface area contributed by atoms with Crippen LogP contribution >= 0.6 is 24.0 Å². The van der Waals surface area contributed by atoms with Gasteiger partial charge in [-0.2, -0.15) is 17.5 Å². The van der Waals surface area contributed by atoms with Crippen LogP contribution in [-0.2, 0) is 10.0 Å². The molecule has 178 valence electrons. The predicted octanol–water partition coefficient (Wildman–Crippen LogP) is 2.45. The Morgan fingerprint density at radius 3 is 2.10 bits per heavy atom. The lowest BCUT2D eigenvalue weighted by molar-refractivity contribution is -0.0496. The molecule has 30 heavy (non-hydrogen) atoms. The van der Waals surface area contributed by atoms with Gasteiger partial charge in [-0.25, -0.2) is 8.42 Å². The topological polar surface area (TPSA) is 77.0 Å². The monoisotopic (exact) mass is 569 g/mol. The van der Waals surface area contributed by atoms with Gasteiger partial charge in [0, 0.05) is 33.2 Å². The van der Waals surface area contributed by atoms with Gasteiger partial charge in [-0.1, -0.05) is 6.92 Å². The van der Waals surface area contributed by atoms with Crippen LogP contribution in [0.25, 0.3) is 0 Å². The highest BCUT2D eigenvalue weighted by molar-refractivity contribution is 14.0. The second kappa shape index (κ2) is 12.6. The normalized spacial score (nSPS) is 21.3. The number of guanidine groups is 1. The first-order valence-electron chi connectivity index (χ1n) is 10.4. The Labute approximate surface area is 195 Å². The molecule has 2 fully saturated rings. The molecule has 2 aliphatic rings. The minimum Gasteiger partial charge on any atom is -0.356 e. The van der Waals surface area contributed by atoms with Crippen LogP contribution in [0.15, 0.2) is 4.99 Å². The van der Waals surface area contributed by atoms with Crippen LogP contribution < -0.4 is 10.6 Å². The molecule has 2 heterocycles. The molecule has 12 heteroatoms. The van der Waals surface area contributed by atoms with Crippen LogP contribution in [0.4, 0.5) is 13.2 Å². The van der Waals surface area contributed by atoms with Crippen molar-refractivity contribution in [2.45, 2.75) is 44.5 Å². The summed E-state index contributed by atoms with van der Waals surface area (Å²) in [6.07, 6.45) is 4.33. The van der Waals surface area contributed by atoms with Crippen LogP contribution in [-0.4, -0.2) is 82.0 Å². The third-order valence-electron chi connectivity index (χ3n) is 5.99. The lowest BCUT2D eigenvalue weighted by atomic mass is 9.93. The third-order valence-corrected chi connectivity index (χ3v) is 7.62. The summed E-state index contributed by atoms with van der Waals surface area (Å²) in [5, 5.41) is 6.52. The number of halogens is 4. The molecule has 0 unspecified atom stereocenters. The smallest absolute Gasteiger partial charge is 0.356 e. The number of alkyl halides is 3. The molecule has 0 spiro atoms. The first-order valence-corrected chi connectivity index (χ1v) is 11.8. The molecule has 0 radical (unpaired) electrons. The van der Waals surface area contributed by atoms with Crippen molar-refractivity contribution in [2.24, 2.45) is 16.8 Å². The molecular formula is C18H35F3IN5O2S. The summed E-state index contributed by atoms with van der Waals surface area (Å²) in [4.78, 5) is 6.67. The first kappa shape index (κ1) is 27.7. The van der Waals surface area contributed by atoms with Crippen molar-refractivity contribution in [3.05, 3.63) is 0 Å². The second-order valence-electron chi connectivity index (χ2n) is 7.84. The standard InChI is InChI=1S/C18H34F3N5O2S.HI/c1-3-25-10-5-15(6-11-25)4-9-23-17(22-2)24-14-16-7-12-26(13-8-16)29(27,28)18(19,20)21;/h15-16H,3-14H2,1-2H3,(H2,22,23,24);1H. The average Bonchev–Trinajstić information content (AvgIpc) is 2.70. The summed E-state index contributed by atoms with van der Waals surface area (Å²) >= 11 is 0. The van der Waals surface area contributed by atoms with E-state index in [1.54, 1.807) is 7.05 Å². The maximum atomic E-state index is 12.6. The Kier molecular flexibility index (Phi) is 11.7. The van der Waals surface area contributed by atoms with Gasteiger partial charge in [-0.05, 0) is 63.6 Å². The van der Waals surface area contributed by atoms with E-state index in [1.165, 1.54) is 12.8 Å². The predicted molar refractivity (Wildman–Crippen MR) is 124 cm³/mol. The Morgan fingerprint density at radius 1 is 1.03 bits per heavy atom. The summed E-state index contributed by atoms with van der Waals surface area (Å²) in [6, 6.07) is 0. The molecule has 0 bridgehead atoms. The van der Waals surface area contributed by atoms with E-state index in [9.17, 15) is 21.6 Å². The number of likely N-dealkylation sites (tertiary alicyclic amines) is 1. The van der Waals surface area contributed by atoms with E-state index in [-0.39, 0.29) is 43.0 Å². The Balaban J connectivity index is 0.00000450. The van der Waals surface area contributed by atoms with Crippen molar-refractivity contribution in [1.82, 2.24) is 19.8 Å². The van der Waals surface area contributed by atoms with E-state index in [0.717, 1.165) is 38.5 Å². The van der Waals surface area contributed by atoms with Gasteiger partial charge in [0.05, 0.1) is 0 Å². The minimum absolute atomic E-state index is 0. The van der Waals surface area contributed by atoms with Gasteiger partial charge in [0.1, 0.15) is 0 Å². The summed E-state index contributed by atoms with van der Waals surface area (Å²) in [7, 11) is -3.52. The molecule has 0 aromatic rings. The average molecular weight is 569 g/mol. The second-order valence-corrected chi connectivity index (χ2v) is 9.77. The zero-order valence-electron chi connectivity index (χ0n) is 17.7. The molecule has 2 rings (SSSR count). The zero-order chi connectivity index (χ0) is 21.5. The quantitative estimate of drug-likeness (QED) is 0.280. The highest BCUT2D eigenvalue weighted by Crippen LogP contribution is 2.30. The number of nitrogens with one attached hydrogen (secondary N) is 2. The maximum Gasteiger partial charge on any atom is 0.511 e. The molecule has 0 aromatic carbocycles. The Hall–Kier alpha value is -0.340. The van der Waals surface area contributed by atoms with Gasteiger partial charge in [-0.15, -0.1) is 24.0 Å². The fourth-order valence-electron chi connectivity index (χ4n) is 3.95. The van der Waals surface area contributed by atoms with Crippen LogP contribution in [0.5, 0.6) is 0 Å². The molecule has 2 N–H and O–H groups in total. The minimum atomic E-state index is -5.22. The Morgan fingerprint density at radius 2 is 1.60 bits per heavy atom. The van der Waals surface area contributed by atoms with Crippen molar-refractivity contribution in [2.75, 3.05) is 52.9 Å². The largest absolute Gasteiger partial charge is 0.511 e. The van der Waals surface area contributed by atoms with Gasteiger partial charge < -0.3 is 15.5 Å². The number of aliphatic imine (C=N–C) groups is 1. The summed E-state index contributed by atoms with van der Waals surface area (Å²) in [5.41, 5.74) is -5.22. The molecule has 0 aliphatic carbocycles. The van der Waals surface area contributed by atoms with Gasteiger partial charge in [0.25, 0.3) is 0 Å². The van der Waals surface area contributed by atoms with Crippen molar-refractivity contribution in [1.29, 1.82) is 0 Å². The van der Waals surface area contributed by atoms with Crippen LogP contribution in [0.2, 0.25) is 0 Å². The summed E-state index contributed by atoms with van der Waals surface area (Å²) < 4.78 is 61.4. The number of nitrogens with zero attached hydrogens (tertiary/aromatic N) is 3. The SMILES string of the molecule is CCN1CCC(CCNC(=NC)NCC2CCN(S(=O)(=O)C(F)(F)F)CC2)CC1.I. The van der Waals surface area contributed by atoms with Crippen LogP contribution in [0, 0.1) is 11.8 Å². The fraction of sp³-hybridized carbons (Fsp3) is 0.944. The molecule has 7 nitrogen and oxygen atoms in total. The first-order chi connectivity index (χ1) is 13.7. The Bertz CT molecular complexity index is 632. The van der Waals surface area contributed by atoms with E-state index in [2.05, 4.69) is 27.4 Å². The summed E-state index contributed by atoms with van der Waals surface area (Å²) in [5.74, 6) is 1.52. The third kappa shape index (κ3) is 7.97. The zero-order valence-corrected chi connectivity index (χ0v) is 20.9. The molecule has 2 aliphatic heterocycles. The van der Waals surface area contributed by atoms with Gasteiger partial charge in [0.15, 0.2) is 5.96 Å². The number of rotatable bonds is 7. The number of hydrogen-bond donors (Lipinski definition) is 2. The molecule has 0 atom stereocenters. The van der Waals surface area contributed by atoms with Crippen molar-refractivity contribution in [3.8, 4) is 0 Å². The molecule has 0 aromatic heterocycles. The van der Waals surface area contributed by atoms with Gasteiger partial charge in [0.2, 0.25) is 0 Å². The van der Waals surface area contributed by atoms with E-state index < -0.39 is 15.5 Å². The fourth-order valence-corrected chi connectivity index (χ4v) is 4.93. The molecular weight excluding hydrogens is 534 g/mol. The lowest BCUT2D eigenvalue weighted by Gasteiger charge is -2.32. The number of hydrogen-bond acceptors (Lipinski definition) is 4. The van der Waals surface area contributed by atoms with Crippen LogP contribution in [0.1, 0.15) is 39.0 Å². The van der Waals surface area contributed by atoms with Crippen molar-refractivity contribution >= 4 is 40.0 Å². The summed E-state index contributed by atoms with van der Waals surface area (Å²) in [6.45, 7) is 6.83. The van der Waals surface area contributed by atoms with Gasteiger partial charge >= 0.3 is 15.5 Å². The molecule has 0 amide bonds.